The SMILES string of the molecule is CCC(CNc1ccc(N2CCOCC2)cc1)NC(=O)[C@H](CC(C)C)N[C@@H](c1ccc(CN(C)C)cc1)C(F)(F)F. The topological polar surface area (TPSA) is 68.9 Å². The van der Waals surface area contributed by atoms with Gasteiger partial charge in [0.2, 0.25) is 5.91 Å². The number of ether oxygens (including phenoxy) is 1. The third kappa shape index (κ3) is 10.5. The van der Waals surface area contributed by atoms with E-state index in [1.165, 1.54) is 12.1 Å². The maximum absolute atomic E-state index is 14.2. The first kappa shape index (κ1) is 32.7. The molecule has 228 valence electrons. The maximum atomic E-state index is 14.2. The van der Waals surface area contributed by atoms with E-state index in [1.807, 2.05) is 51.9 Å². The molecule has 1 aliphatic rings. The van der Waals surface area contributed by atoms with E-state index in [1.54, 1.807) is 12.1 Å². The quantitative estimate of drug-likeness (QED) is 0.287. The van der Waals surface area contributed by atoms with Gasteiger partial charge in [0.1, 0.15) is 6.04 Å². The summed E-state index contributed by atoms with van der Waals surface area (Å²) in [6, 6.07) is 11.3. The average Bonchev–Trinajstić information content (AvgIpc) is 2.93. The van der Waals surface area contributed by atoms with Crippen molar-refractivity contribution in [1.82, 2.24) is 15.5 Å². The number of hydrogen-bond acceptors (Lipinski definition) is 6. The van der Waals surface area contributed by atoms with E-state index in [-0.39, 0.29) is 23.9 Å². The van der Waals surface area contributed by atoms with Crippen LogP contribution in [0.4, 0.5) is 24.5 Å². The lowest BCUT2D eigenvalue weighted by atomic mass is 9.98. The number of morpholine rings is 1. The summed E-state index contributed by atoms with van der Waals surface area (Å²) in [4.78, 5) is 17.6. The summed E-state index contributed by atoms with van der Waals surface area (Å²) < 4.78 is 48.1. The number of rotatable bonds is 14. The highest BCUT2D eigenvalue weighted by Gasteiger charge is 2.43. The zero-order valence-corrected chi connectivity index (χ0v) is 24.9. The second-order valence-electron chi connectivity index (χ2n) is 11.4. The van der Waals surface area contributed by atoms with Crippen molar-refractivity contribution in [3.05, 3.63) is 59.7 Å². The van der Waals surface area contributed by atoms with Crippen LogP contribution in [0.1, 0.15) is 50.8 Å². The molecule has 0 spiro atoms. The van der Waals surface area contributed by atoms with Gasteiger partial charge >= 0.3 is 6.18 Å². The molecule has 7 nitrogen and oxygen atoms in total. The highest BCUT2D eigenvalue weighted by atomic mass is 19.4. The van der Waals surface area contributed by atoms with Crippen molar-refractivity contribution in [2.75, 3.05) is 57.2 Å². The van der Waals surface area contributed by atoms with E-state index >= 15 is 0 Å². The number of amides is 1. The van der Waals surface area contributed by atoms with Crippen LogP contribution < -0.4 is 20.9 Å². The minimum Gasteiger partial charge on any atom is -0.383 e. The van der Waals surface area contributed by atoms with Crippen LogP contribution in [0.2, 0.25) is 0 Å². The Morgan fingerprint density at radius 3 is 2.20 bits per heavy atom. The third-order valence-corrected chi connectivity index (χ3v) is 7.17. The fourth-order valence-electron chi connectivity index (χ4n) is 4.94. The van der Waals surface area contributed by atoms with Crippen LogP contribution in [0.3, 0.4) is 0 Å². The number of anilines is 2. The van der Waals surface area contributed by atoms with Crippen LogP contribution in [0.25, 0.3) is 0 Å². The van der Waals surface area contributed by atoms with Gasteiger partial charge in [-0.15, -0.1) is 0 Å². The van der Waals surface area contributed by atoms with Crippen molar-refractivity contribution in [1.29, 1.82) is 0 Å². The molecule has 0 aliphatic carbocycles. The lowest BCUT2D eigenvalue weighted by Gasteiger charge is -2.30. The van der Waals surface area contributed by atoms with Crippen molar-refractivity contribution in [2.24, 2.45) is 5.92 Å². The molecule has 1 aliphatic heterocycles. The van der Waals surface area contributed by atoms with Crippen molar-refractivity contribution in [3.8, 4) is 0 Å². The number of nitrogens with zero attached hydrogens (tertiary/aromatic N) is 2. The molecule has 3 atom stereocenters. The van der Waals surface area contributed by atoms with Crippen LogP contribution in [-0.4, -0.2) is 76.0 Å². The monoisotopic (exact) mass is 577 g/mol. The molecule has 0 saturated carbocycles. The van der Waals surface area contributed by atoms with E-state index in [0.29, 0.717) is 19.5 Å². The van der Waals surface area contributed by atoms with Gasteiger partial charge in [-0.2, -0.15) is 13.2 Å². The van der Waals surface area contributed by atoms with Crippen LogP contribution in [-0.2, 0) is 16.1 Å². The molecule has 2 aromatic carbocycles. The smallest absolute Gasteiger partial charge is 0.383 e. The average molecular weight is 578 g/mol. The highest BCUT2D eigenvalue weighted by Crippen LogP contribution is 2.34. The number of carbonyl (C=O) groups is 1. The van der Waals surface area contributed by atoms with E-state index in [4.69, 9.17) is 4.74 Å². The lowest BCUT2D eigenvalue weighted by molar-refractivity contribution is -0.161. The largest absolute Gasteiger partial charge is 0.407 e. The Bertz CT molecular complexity index is 1050. The Morgan fingerprint density at radius 2 is 1.66 bits per heavy atom. The van der Waals surface area contributed by atoms with Crippen molar-refractivity contribution >= 4 is 17.3 Å². The van der Waals surface area contributed by atoms with E-state index < -0.39 is 24.2 Å². The Labute approximate surface area is 242 Å². The van der Waals surface area contributed by atoms with Gasteiger partial charge in [0.05, 0.1) is 19.3 Å². The number of nitrogens with one attached hydrogen (secondary N) is 3. The molecular formula is C31H46F3N5O2. The molecule has 1 heterocycles. The second-order valence-corrected chi connectivity index (χ2v) is 11.4. The number of halogens is 3. The molecule has 1 saturated heterocycles. The molecule has 1 unspecified atom stereocenters. The van der Waals surface area contributed by atoms with Crippen LogP contribution in [0, 0.1) is 5.92 Å². The molecule has 3 N–H and O–H groups in total. The van der Waals surface area contributed by atoms with Crippen molar-refractivity contribution < 1.29 is 22.7 Å². The third-order valence-electron chi connectivity index (χ3n) is 7.17. The van der Waals surface area contributed by atoms with Gasteiger partial charge in [0.15, 0.2) is 0 Å². The summed E-state index contributed by atoms with van der Waals surface area (Å²) in [5.74, 6) is -0.397. The summed E-state index contributed by atoms with van der Waals surface area (Å²) in [7, 11) is 3.81. The van der Waals surface area contributed by atoms with Gasteiger partial charge in [0.25, 0.3) is 0 Å². The Balaban J connectivity index is 1.64. The summed E-state index contributed by atoms with van der Waals surface area (Å²) in [5, 5.41) is 9.01. The fraction of sp³-hybridized carbons (Fsp3) is 0.581. The van der Waals surface area contributed by atoms with Gasteiger partial charge in [-0.3, -0.25) is 10.1 Å². The number of carbonyl (C=O) groups excluding carboxylic acids is 1. The molecule has 1 fully saturated rings. The first-order chi connectivity index (χ1) is 19.5. The molecule has 3 rings (SSSR count). The van der Waals surface area contributed by atoms with Crippen LogP contribution >= 0.6 is 0 Å². The van der Waals surface area contributed by atoms with Gasteiger partial charge in [-0.05, 0) is 68.2 Å². The summed E-state index contributed by atoms with van der Waals surface area (Å²) in [6.45, 7) is 10.0. The molecule has 2 aromatic rings. The summed E-state index contributed by atoms with van der Waals surface area (Å²) in [6.07, 6.45) is -3.64. The minimum atomic E-state index is -4.56. The standard InChI is InChI=1S/C31H46F3N5O2/c1-6-25(20-35-26-11-13-27(14-12-26)39-15-17-41-18-16-39)36-30(40)28(19-22(2)3)37-29(31(32,33)34)24-9-7-23(8-10-24)21-38(4)5/h7-14,22,25,28-29,35,37H,6,15-21H2,1-5H3,(H,36,40)/t25?,28-,29-/m0/s1. The zero-order chi connectivity index (χ0) is 30.0. The van der Waals surface area contributed by atoms with Gasteiger partial charge in [-0.1, -0.05) is 45.0 Å². The molecule has 1 amide bonds. The van der Waals surface area contributed by atoms with E-state index in [0.717, 1.165) is 43.2 Å². The normalized spacial score (nSPS) is 16.5. The van der Waals surface area contributed by atoms with Gasteiger partial charge < -0.3 is 25.2 Å². The Morgan fingerprint density at radius 1 is 1.02 bits per heavy atom. The number of alkyl halides is 3. The first-order valence-electron chi connectivity index (χ1n) is 14.5. The van der Waals surface area contributed by atoms with Crippen LogP contribution in [0.15, 0.2) is 48.5 Å². The first-order valence-corrected chi connectivity index (χ1v) is 14.5. The minimum absolute atomic E-state index is 0.0257. The molecule has 0 aromatic heterocycles. The summed E-state index contributed by atoms with van der Waals surface area (Å²) in [5.41, 5.74) is 3.07. The van der Waals surface area contributed by atoms with Gasteiger partial charge in [-0.25, -0.2) is 0 Å². The summed E-state index contributed by atoms with van der Waals surface area (Å²) >= 11 is 0. The predicted octanol–water partition coefficient (Wildman–Crippen LogP) is 5.20. The van der Waals surface area contributed by atoms with Crippen LogP contribution in [0.5, 0.6) is 0 Å². The fourth-order valence-corrected chi connectivity index (χ4v) is 4.94. The van der Waals surface area contributed by atoms with E-state index in [2.05, 4.69) is 33.0 Å². The molecule has 0 radical (unpaired) electrons. The van der Waals surface area contributed by atoms with E-state index in [9.17, 15) is 18.0 Å². The molecule has 10 heteroatoms. The molecule has 0 bridgehead atoms. The van der Waals surface area contributed by atoms with Crippen molar-refractivity contribution in [2.45, 2.75) is 64.5 Å². The second kappa shape index (κ2) is 15.4. The zero-order valence-electron chi connectivity index (χ0n) is 24.9. The highest BCUT2D eigenvalue weighted by molar-refractivity contribution is 5.82. The van der Waals surface area contributed by atoms with Gasteiger partial charge in [0, 0.05) is 43.6 Å². The molecular weight excluding hydrogens is 531 g/mol. The molecule has 41 heavy (non-hydrogen) atoms. The Hall–Kier alpha value is -2.82. The maximum Gasteiger partial charge on any atom is 0.407 e. The van der Waals surface area contributed by atoms with Crippen molar-refractivity contribution in [3.63, 3.8) is 0 Å². The predicted molar refractivity (Wildman–Crippen MR) is 159 cm³/mol. The number of benzene rings is 2. The lowest BCUT2D eigenvalue weighted by Crippen LogP contribution is -2.52. The number of hydrogen-bond donors (Lipinski definition) is 3. The Kier molecular flexibility index (Phi) is 12.3.